The number of benzene rings is 1. The van der Waals surface area contributed by atoms with E-state index in [0.29, 0.717) is 38.5 Å². The molecule has 2 N–H and O–H groups in total. The highest BCUT2D eigenvalue weighted by atomic mass is 32.2. The summed E-state index contributed by atoms with van der Waals surface area (Å²) in [5.41, 5.74) is 0.720. The Balaban J connectivity index is 2.64. The Morgan fingerprint density at radius 1 is 1.24 bits per heavy atom. The SMILES string of the molecule is CCOCCCNC(=O)[C@@H](C)NS(=O)(=O)c1ccc(OCC)c(C)c1. The predicted molar refractivity (Wildman–Crippen MR) is 96.3 cm³/mol. The van der Waals surface area contributed by atoms with Gasteiger partial charge in [-0.1, -0.05) is 0 Å². The minimum Gasteiger partial charge on any atom is -0.494 e. The average Bonchev–Trinajstić information content (AvgIpc) is 2.56. The van der Waals surface area contributed by atoms with Crippen molar-refractivity contribution in [2.75, 3.05) is 26.4 Å². The lowest BCUT2D eigenvalue weighted by Crippen LogP contribution is -2.45. The van der Waals surface area contributed by atoms with Crippen LogP contribution in [0.15, 0.2) is 23.1 Å². The van der Waals surface area contributed by atoms with E-state index < -0.39 is 16.1 Å². The molecule has 0 heterocycles. The third-order valence-electron chi connectivity index (χ3n) is 3.45. The molecule has 8 heteroatoms. The van der Waals surface area contributed by atoms with Crippen molar-refractivity contribution < 1.29 is 22.7 Å². The summed E-state index contributed by atoms with van der Waals surface area (Å²) in [6.07, 6.45) is 0.678. The van der Waals surface area contributed by atoms with Crippen LogP contribution in [0, 0.1) is 6.92 Å². The summed E-state index contributed by atoms with van der Waals surface area (Å²) in [6, 6.07) is 3.74. The molecule has 1 rings (SSSR count). The molecule has 0 saturated heterocycles. The van der Waals surface area contributed by atoms with Gasteiger partial charge in [0.2, 0.25) is 15.9 Å². The maximum absolute atomic E-state index is 12.4. The molecular weight excluding hydrogens is 344 g/mol. The summed E-state index contributed by atoms with van der Waals surface area (Å²) in [5.74, 6) is 0.268. The van der Waals surface area contributed by atoms with Crippen LogP contribution in [0.4, 0.5) is 0 Å². The van der Waals surface area contributed by atoms with Gasteiger partial charge in [-0.05, 0) is 57.9 Å². The van der Waals surface area contributed by atoms with E-state index in [1.165, 1.54) is 19.1 Å². The van der Waals surface area contributed by atoms with Gasteiger partial charge in [0.15, 0.2) is 0 Å². The van der Waals surface area contributed by atoms with E-state index in [9.17, 15) is 13.2 Å². The number of ether oxygens (including phenoxy) is 2. The molecular formula is C17H28N2O5S. The minimum absolute atomic E-state index is 0.101. The predicted octanol–water partition coefficient (Wildman–Crippen LogP) is 1.60. The van der Waals surface area contributed by atoms with E-state index >= 15 is 0 Å². The Morgan fingerprint density at radius 3 is 2.56 bits per heavy atom. The van der Waals surface area contributed by atoms with Crippen LogP contribution in [0.5, 0.6) is 5.75 Å². The van der Waals surface area contributed by atoms with Crippen LogP contribution in [-0.4, -0.2) is 46.7 Å². The summed E-state index contributed by atoms with van der Waals surface area (Å²) < 4.78 is 37.8. The first kappa shape index (κ1) is 21.4. The van der Waals surface area contributed by atoms with Gasteiger partial charge < -0.3 is 14.8 Å². The molecule has 1 amide bonds. The molecule has 1 aromatic carbocycles. The van der Waals surface area contributed by atoms with Crippen LogP contribution < -0.4 is 14.8 Å². The van der Waals surface area contributed by atoms with Gasteiger partial charge >= 0.3 is 0 Å². The number of nitrogens with one attached hydrogen (secondary N) is 2. The maximum atomic E-state index is 12.4. The second-order valence-corrected chi connectivity index (χ2v) is 7.26. The van der Waals surface area contributed by atoms with Gasteiger partial charge in [0.1, 0.15) is 5.75 Å². The molecule has 7 nitrogen and oxygen atoms in total. The number of sulfonamides is 1. The second-order valence-electron chi connectivity index (χ2n) is 5.54. The second kappa shape index (κ2) is 10.4. The standard InChI is InChI=1S/C17H28N2O5S/c1-5-23-11-7-10-18-17(20)14(4)19-25(21,22)15-8-9-16(24-6-2)13(3)12-15/h8-9,12,14,19H,5-7,10-11H2,1-4H3,(H,18,20)/t14-/m1/s1. The van der Waals surface area contributed by atoms with Crippen LogP contribution in [0.2, 0.25) is 0 Å². The van der Waals surface area contributed by atoms with Crippen molar-refractivity contribution >= 4 is 15.9 Å². The third-order valence-corrected chi connectivity index (χ3v) is 4.99. The van der Waals surface area contributed by atoms with E-state index in [2.05, 4.69) is 10.0 Å². The van der Waals surface area contributed by atoms with Crippen LogP contribution in [0.1, 0.15) is 32.8 Å². The fourth-order valence-corrected chi connectivity index (χ4v) is 3.43. The largest absolute Gasteiger partial charge is 0.494 e. The van der Waals surface area contributed by atoms with E-state index in [0.717, 1.165) is 5.56 Å². The van der Waals surface area contributed by atoms with Crippen molar-refractivity contribution in [3.05, 3.63) is 23.8 Å². The molecule has 0 aromatic heterocycles. The van der Waals surface area contributed by atoms with Gasteiger partial charge in [-0.3, -0.25) is 4.79 Å². The number of amides is 1. The fourth-order valence-electron chi connectivity index (χ4n) is 2.14. The summed E-state index contributed by atoms with van der Waals surface area (Å²) in [4.78, 5) is 12.1. The quantitative estimate of drug-likeness (QED) is 0.576. The molecule has 0 aliphatic rings. The zero-order valence-electron chi connectivity index (χ0n) is 15.3. The van der Waals surface area contributed by atoms with Crippen LogP contribution in [0.25, 0.3) is 0 Å². The van der Waals surface area contributed by atoms with E-state index in [-0.39, 0.29) is 10.8 Å². The normalized spacial score (nSPS) is 12.6. The van der Waals surface area contributed by atoms with Gasteiger partial charge in [-0.2, -0.15) is 4.72 Å². The highest BCUT2D eigenvalue weighted by molar-refractivity contribution is 7.89. The van der Waals surface area contributed by atoms with Crippen molar-refractivity contribution in [1.29, 1.82) is 0 Å². The van der Waals surface area contributed by atoms with Crippen LogP contribution >= 0.6 is 0 Å². The first-order valence-electron chi connectivity index (χ1n) is 8.43. The lowest BCUT2D eigenvalue weighted by molar-refractivity contribution is -0.122. The molecule has 0 spiro atoms. The first-order valence-corrected chi connectivity index (χ1v) is 9.91. The third kappa shape index (κ3) is 7.01. The van der Waals surface area contributed by atoms with Crippen LogP contribution in [-0.2, 0) is 19.6 Å². The highest BCUT2D eigenvalue weighted by Gasteiger charge is 2.22. The molecule has 1 aromatic rings. The molecule has 0 bridgehead atoms. The number of hydrogen-bond donors (Lipinski definition) is 2. The van der Waals surface area contributed by atoms with Gasteiger partial charge in [0, 0.05) is 19.8 Å². The first-order chi connectivity index (χ1) is 11.8. The Hall–Kier alpha value is -1.64. The summed E-state index contributed by atoms with van der Waals surface area (Å²) in [6.45, 7) is 9.18. The maximum Gasteiger partial charge on any atom is 0.241 e. The lowest BCUT2D eigenvalue weighted by Gasteiger charge is -2.15. The van der Waals surface area contributed by atoms with Crippen LogP contribution in [0.3, 0.4) is 0 Å². The Bertz CT molecular complexity index is 661. The lowest BCUT2D eigenvalue weighted by atomic mass is 10.2. The Labute approximate surface area is 150 Å². The molecule has 0 saturated carbocycles. The molecule has 142 valence electrons. The topological polar surface area (TPSA) is 93.7 Å². The summed E-state index contributed by atoms with van der Waals surface area (Å²) >= 11 is 0. The van der Waals surface area contributed by atoms with E-state index in [1.807, 2.05) is 13.8 Å². The zero-order valence-corrected chi connectivity index (χ0v) is 16.1. The van der Waals surface area contributed by atoms with Crippen molar-refractivity contribution in [2.24, 2.45) is 0 Å². The van der Waals surface area contributed by atoms with Crippen molar-refractivity contribution in [3.63, 3.8) is 0 Å². The molecule has 25 heavy (non-hydrogen) atoms. The highest BCUT2D eigenvalue weighted by Crippen LogP contribution is 2.21. The van der Waals surface area contributed by atoms with Gasteiger partial charge in [0.05, 0.1) is 17.5 Å². The van der Waals surface area contributed by atoms with E-state index in [1.54, 1.807) is 13.0 Å². The van der Waals surface area contributed by atoms with Crippen molar-refractivity contribution in [3.8, 4) is 5.75 Å². The number of carbonyl (C=O) groups excluding carboxylic acids is 1. The van der Waals surface area contributed by atoms with Crippen molar-refractivity contribution in [1.82, 2.24) is 10.0 Å². The molecule has 0 unspecified atom stereocenters. The van der Waals surface area contributed by atoms with Gasteiger partial charge in [-0.25, -0.2) is 8.42 Å². The number of aryl methyl sites for hydroxylation is 1. The summed E-state index contributed by atoms with van der Waals surface area (Å²) in [7, 11) is -3.79. The number of rotatable bonds is 11. The zero-order chi connectivity index (χ0) is 18.9. The van der Waals surface area contributed by atoms with Gasteiger partial charge in [-0.15, -0.1) is 0 Å². The molecule has 1 atom stereocenters. The average molecular weight is 372 g/mol. The van der Waals surface area contributed by atoms with Crippen molar-refractivity contribution in [2.45, 2.75) is 45.1 Å². The molecule has 0 radical (unpaired) electrons. The smallest absolute Gasteiger partial charge is 0.241 e. The number of carbonyl (C=O) groups is 1. The fraction of sp³-hybridized carbons (Fsp3) is 0.588. The Morgan fingerprint density at radius 2 is 1.96 bits per heavy atom. The minimum atomic E-state index is -3.79. The van der Waals surface area contributed by atoms with E-state index in [4.69, 9.17) is 9.47 Å². The molecule has 0 aliphatic heterocycles. The summed E-state index contributed by atoms with van der Waals surface area (Å²) in [5, 5.41) is 2.69. The molecule has 0 aliphatic carbocycles. The van der Waals surface area contributed by atoms with Gasteiger partial charge in [0.25, 0.3) is 0 Å². The molecule has 0 fully saturated rings. The number of hydrogen-bond acceptors (Lipinski definition) is 5. The Kier molecular flexibility index (Phi) is 8.88. The monoisotopic (exact) mass is 372 g/mol.